The number of rotatable bonds is 7. The Morgan fingerprint density at radius 1 is 0.972 bits per heavy atom. The molecule has 0 bridgehead atoms. The minimum absolute atomic E-state index is 0.00442. The van der Waals surface area contributed by atoms with E-state index >= 15 is 0 Å². The van der Waals surface area contributed by atoms with Crippen LogP contribution >= 0.6 is 11.6 Å². The third kappa shape index (κ3) is 5.44. The highest BCUT2D eigenvalue weighted by molar-refractivity contribution is 6.30. The number of carbonyl (C=O) groups is 1. The molecule has 184 valence electrons. The Hall–Kier alpha value is -3.64. The first-order chi connectivity index (χ1) is 17.6. The molecule has 0 aliphatic carbocycles. The van der Waals surface area contributed by atoms with Crippen LogP contribution in [0.2, 0.25) is 5.02 Å². The Kier molecular flexibility index (Phi) is 7.33. The number of hydrogen-bond donors (Lipinski definition) is 1. The van der Waals surface area contributed by atoms with Gasteiger partial charge in [-0.3, -0.25) is 14.6 Å². The van der Waals surface area contributed by atoms with Gasteiger partial charge in [-0.15, -0.1) is 0 Å². The van der Waals surface area contributed by atoms with Crippen molar-refractivity contribution in [2.75, 3.05) is 24.5 Å². The third-order valence-electron chi connectivity index (χ3n) is 6.92. The fraction of sp³-hybridized carbons (Fsp3) is 0.276. The highest BCUT2D eigenvalue weighted by atomic mass is 35.5. The summed E-state index contributed by atoms with van der Waals surface area (Å²) in [4.78, 5) is 32.2. The maximum Gasteiger partial charge on any atom is 0.253 e. The Balaban J connectivity index is 1.27. The molecule has 0 radical (unpaired) electrons. The van der Waals surface area contributed by atoms with Gasteiger partial charge in [-0.05, 0) is 60.7 Å². The number of nitrogens with one attached hydrogen (secondary N) is 1. The average molecular weight is 501 g/mol. The zero-order valence-electron chi connectivity index (χ0n) is 20.1. The molecule has 2 aromatic heterocycles. The molecule has 1 saturated heterocycles. The number of hydrogen-bond acceptors (Lipinski definition) is 4. The summed E-state index contributed by atoms with van der Waals surface area (Å²) in [6, 6.07) is 21.3. The van der Waals surface area contributed by atoms with Gasteiger partial charge >= 0.3 is 0 Å². The van der Waals surface area contributed by atoms with Gasteiger partial charge in [0.05, 0.1) is 17.7 Å². The minimum atomic E-state index is -0.0328. The van der Waals surface area contributed by atoms with Crippen molar-refractivity contribution < 1.29 is 4.79 Å². The van der Waals surface area contributed by atoms with Crippen LogP contribution in [0.4, 0.5) is 5.69 Å². The molecule has 3 heterocycles. The van der Waals surface area contributed by atoms with Gasteiger partial charge in [0.2, 0.25) is 5.91 Å². The van der Waals surface area contributed by atoms with Gasteiger partial charge in [0.1, 0.15) is 0 Å². The maximum absolute atomic E-state index is 13.2. The molecule has 1 aliphatic heterocycles. The van der Waals surface area contributed by atoms with E-state index < -0.39 is 0 Å². The number of benzene rings is 2. The number of para-hydroxylation sites is 1. The van der Waals surface area contributed by atoms with E-state index in [0.29, 0.717) is 18.1 Å². The highest BCUT2D eigenvalue weighted by Gasteiger charge is 2.26. The quantitative estimate of drug-likeness (QED) is 0.400. The topological polar surface area (TPSA) is 67.2 Å². The Morgan fingerprint density at radius 2 is 1.69 bits per heavy atom. The first-order valence-electron chi connectivity index (χ1n) is 12.4. The van der Waals surface area contributed by atoms with Crippen molar-refractivity contribution in [2.24, 2.45) is 5.92 Å². The number of piperidine rings is 1. The predicted molar refractivity (Wildman–Crippen MR) is 145 cm³/mol. The number of nitrogens with zero attached hydrogens (tertiary/aromatic N) is 3. The van der Waals surface area contributed by atoms with Crippen molar-refractivity contribution in [3.05, 3.63) is 106 Å². The summed E-state index contributed by atoms with van der Waals surface area (Å²) in [6.07, 6.45) is 5.87. The maximum atomic E-state index is 13.2. The van der Waals surface area contributed by atoms with Crippen LogP contribution in [0.1, 0.15) is 24.0 Å². The molecule has 2 aromatic carbocycles. The summed E-state index contributed by atoms with van der Waals surface area (Å²) in [5, 5.41) is 4.81. The molecule has 1 amide bonds. The molecule has 0 spiro atoms. The van der Waals surface area contributed by atoms with E-state index in [4.69, 9.17) is 11.6 Å². The lowest BCUT2D eigenvalue weighted by atomic mass is 9.95. The van der Waals surface area contributed by atoms with E-state index in [9.17, 15) is 9.59 Å². The molecular formula is C29H29ClN4O2. The van der Waals surface area contributed by atoms with E-state index in [2.05, 4.69) is 21.3 Å². The average Bonchev–Trinajstić information content (AvgIpc) is 2.92. The molecule has 0 unspecified atom stereocenters. The number of anilines is 1. The largest absolute Gasteiger partial charge is 0.371 e. The van der Waals surface area contributed by atoms with Crippen LogP contribution in [0, 0.1) is 5.92 Å². The van der Waals surface area contributed by atoms with Gasteiger partial charge in [-0.1, -0.05) is 41.9 Å². The number of amides is 1. The van der Waals surface area contributed by atoms with Crippen molar-refractivity contribution in [1.82, 2.24) is 14.9 Å². The SMILES string of the molecule is O=C(NCCc1ccncc1)C1CCN(c2cc(=O)n(Cc3ccc(Cl)cc3)c3ccccc23)CC1. The predicted octanol–water partition coefficient (Wildman–Crippen LogP) is 4.67. The van der Waals surface area contributed by atoms with Crippen LogP contribution in [0.15, 0.2) is 83.9 Å². The number of carbonyl (C=O) groups excluding carboxylic acids is 1. The van der Waals surface area contributed by atoms with Crippen LogP contribution in [0.25, 0.3) is 10.9 Å². The van der Waals surface area contributed by atoms with Crippen molar-refractivity contribution >= 4 is 34.1 Å². The van der Waals surface area contributed by atoms with E-state index in [1.165, 1.54) is 0 Å². The van der Waals surface area contributed by atoms with Crippen molar-refractivity contribution in [3.8, 4) is 0 Å². The van der Waals surface area contributed by atoms with E-state index in [-0.39, 0.29) is 17.4 Å². The van der Waals surface area contributed by atoms with Crippen LogP contribution in [-0.4, -0.2) is 35.1 Å². The molecule has 36 heavy (non-hydrogen) atoms. The smallest absolute Gasteiger partial charge is 0.253 e. The molecule has 1 aliphatic rings. The third-order valence-corrected chi connectivity index (χ3v) is 7.17. The molecule has 5 rings (SSSR count). The van der Waals surface area contributed by atoms with Gasteiger partial charge < -0.3 is 14.8 Å². The second-order valence-electron chi connectivity index (χ2n) is 9.26. The second kappa shape index (κ2) is 11.0. The van der Waals surface area contributed by atoms with Crippen molar-refractivity contribution in [3.63, 3.8) is 0 Å². The zero-order valence-corrected chi connectivity index (χ0v) is 20.8. The highest BCUT2D eigenvalue weighted by Crippen LogP contribution is 2.29. The number of fused-ring (bicyclic) bond motifs is 1. The summed E-state index contributed by atoms with van der Waals surface area (Å²) in [5.74, 6) is 0.113. The minimum Gasteiger partial charge on any atom is -0.371 e. The lowest BCUT2D eigenvalue weighted by molar-refractivity contribution is -0.125. The Morgan fingerprint density at radius 3 is 2.44 bits per heavy atom. The van der Waals surface area contributed by atoms with Crippen molar-refractivity contribution in [2.45, 2.75) is 25.8 Å². The monoisotopic (exact) mass is 500 g/mol. The van der Waals surface area contributed by atoms with Gasteiger partial charge in [0, 0.05) is 54.4 Å². The Bertz CT molecular complexity index is 1390. The standard InChI is InChI=1S/C29H29ClN4O2/c30-24-7-5-22(6-8-24)20-34-26-4-2-1-3-25(26)27(19-28(34)35)33-17-12-23(13-18-33)29(36)32-16-11-21-9-14-31-15-10-21/h1-10,14-15,19,23H,11-13,16-18,20H2,(H,32,36). The summed E-state index contributed by atoms with van der Waals surface area (Å²) < 4.78 is 1.81. The number of aromatic nitrogens is 2. The summed E-state index contributed by atoms with van der Waals surface area (Å²) >= 11 is 6.03. The first-order valence-corrected chi connectivity index (χ1v) is 12.7. The van der Waals surface area contributed by atoms with Gasteiger partial charge in [-0.2, -0.15) is 0 Å². The fourth-order valence-corrected chi connectivity index (χ4v) is 5.05. The van der Waals surface area contributed by atoms with Crippen LogP contribution in [0.3, 0.4) is 0 Å². The molecule has 1 fully saturated rings. The Labute approximate surface area is 215 Å². The van der Waals surface area contributed by atoms with Crippen LogP contribution < -0.4 is 15.8 Å². The number of halogens is 1. The fourth-order valence-electron chi connectivity index (χ4n) is 4.92. The van der Waals surface area contributed by atoms with E-state index in [1.807, 2.05) is 59.2 Å². The molecule has 6 nitrogen and oxygen atoms in total. The second-order valence-corrected chi connectivity index (χ2v) is 9.69. The summed E-state index contributed by atoms with van der Waals surface area (Å²) in [6.45, 7) is 2.60. The van der Waals surface area contributed by atoms with Gasteiger partial charge in [0.25, 0.3) is 5.56 Å². The first kappa shape index (κ1) is 24.1. The molecule has 4 aromatic rings. The lowest BCUT2D eigenvalue weighted by Crippen LogP contribution is -2.41. The molecule has 7 heteroatoms. The van der Waals surface area contributed by atoms with Crippen molar-refractivity contribution in [1.29, 1.82) is 0 Å². The van der Waals surface area contributed by atoms with E-state index in [1.54, 1.807) is 18.5 Å². The van der Waals surface area contributed by atoms with Crippen LogP contribution in [-0.2, 0) is 17.8 Å². The molecule has 0 atom stereocenters. The molecule has 1 N–H and O–H groups in total. The summed E-state index contributed by atoms with van der Waals surface area (Å²) in [5.41, 5.74) is 4.01. The van der Waals surface area contributed by atoms with Gasteiger partial charge in [0.15, 0.2) is 0 Å². The molecular weight excluding hydrogens is 472 g/mol. The number of pyridine rings is 2. The molecule has 0 saturated carbocycles. The normalized spacial score (nSPS) is 14.2. The van der Waals surface area contributed by atoms with Gasteiger partial charge in [-0.25, -0.2) is 0 Å². The lowest BCUT2D eigenvalue weighted by Gasteiger charge is -2.34. The van der Waals surface area contributed by atoms with Crippen LogP contribution in [0.5, 0.6) is 0 Å². The van der Waals surface area contributed by atoms with E-state index in [0.717, 1.165) is 60.1 Å². The zero-order chi connectivity index (χ0) is 24.9. The summed E-state index contributed by atoms with van der Waals surface area (Å²) in [7, 11) is 0.